The Morgan fingerprint density at radius 1 is 1.09 bits per heavy atom. The van der Waals surface area contributed by atoms with Crippen molar-refractivity contribution >= 4 is 17.7 Å². The van der Waals surface area contributed by atoms with Crippen molar-refractivity contribution in [3.05, 3.63) is 48.0 Å². The molecule has 3 N–H and O–H groups in total. The fourth-order valence-corrected chi connectivity index (χ4v) is 2.01. The van der Waals surface area contributed by atoms with Gasteiger partial charge in [0.25, 0.3) is 0 Å². The van der Waals surface area contributed by atoms with Crippen molar-refractivity contribution < 1.29 is 24.5 Å². The summed E-state index contributed by atoms with van der Waals surface area (Å²) < 4.78 is 10.5. The number of para-hydroxylation sites is 1. The maximum atomic E-state index is 11.8. The van der Waals surface area contributed by atoms with Gasteiger partial charge in [0.2, 0.25) is 12.7 Å². The average Bonchev–Trinajstić information content (AvgIpc) is 2.96. The first kappa shape index (κ1) is 13.8. The average molecular weight is 299 g/mol. The summed E-state index contributed by atoms with van der Waals surface area (Å²) in [6.07, 6.45) is 2.89. The summed E-state index contributed by atoms with van der Waals surface area (Å²) in [5.74, 6) is 0.408. The minimum absolute atomic E-state index is 0.0252. The van der Waals surface area contributed by atoms with Crippen LogP contribution in [0.2, 0.25) is 0 Å². The maximum Gasteiger partial charge on any atom is 0.248 e. The smallest absolute Gasteiger partial charge is 0.248 e. The molecule has 1 aliphatic heterocycles. The zero-order valence-electron chi connectivity index (χ0n) is 11.4. The monoisotopic (exact) mass is 299 g/mol. The van der Waals surface area contributed by atoms with Gasteiger partial charge in [0, 0.05) is 6.08 Å². The molecule has 1 heterocycles. The summed E-state index contributed by atoms with van der Waals surface area (Å²) in [6, 6.07) is 9.52. The zero-order chi connectivity index (χ0) is 15.5. The summed E-state index contributed by atoms with van der Waals surface area (Å²) in [6.45, 7) is 0.190. The second-order valence-corrected chi connectivity index (χ2v) is 4.61. The van der Waals surface area contributed by atoms with Crippen molar-refractivity contribution in [2.45, 2.75) is 0 Å². The number of rotatable bonds is 3. The molecule has 2 aromatic carbocycles. The molecule has 0 spiro atoms. The Hall–Kier alpha value is -3.15. The van der Waals surface area contributed by atoms with Crippen LogP contribution in [0.25, 0.3) is 6.08 Å². The van der Waals surface area contributed by atoms with Gasteiger partial charge >= 0.3 is 0 Å². The van der Waals surface area contributed by atoms with Crippen LogP contribution in [0.5, 0.6) is 23.0 Å². The topological polar surface area (TPSA) is 88.0 Å². The minimum Gasteiger partial charge on any atom is -0.506 e. The predicted octanol–water partition coefficient (Wildman–Crippen LogP) is 2.48. The summed E-state index contributed by atoms with van der Waals surface area (Å²) in [5, 5.41) is 21.6. The van der Waals surface area contributed by atoms with E-state index in [1.165, 1.54) is 24.3 Å². The standard InChI is InChI=1S/C16H13NO5/c18-11-2-1-3-12(19)16(11)17-15(20)7-5-10-4-6-13-14(8-10)22-9-21-13/h1-8,18-19H,9H2,(H,17,20)/b7-5+. The second-order valence-electron chi connectivity index (χ2n) is 4.61. The van der Waals surface area contributed by atoms with Crippen LogP contribution in [-0.2, 0) is 4.79 Å². The van der Waals surface area contributed by atoms with Gasteiger partial charge in [-0.3, -0.25) is 4.79 Å². The molecular formula is C16H13NO5. The van der Waals surface area contributed by atoms with Crippen LogP contribution in [0.3, 0.4) is 0 Å². The lowest BCUT2D eigenvalue weighted by atomic mass is 10.2. The van der Waals surface area contributed by atoms with Crippen molar-refractivity contribution in [3.63, 3.8) is 0 Å². The van der Waals surface area contributed by atoms with Gasteiger partial charge in [0.15, 0.2) is 11.5 Å². The van der Waals surface area contributed by atoms with Gasteiger partial charge in [0.1, 0.15) is 17.2 Å². The number of amides is 1. The van der Waals surface area contributed by atoms with E-state index in [0.717, 1.165) is 5.56 Å². The Labute approximate surface area is 126 Å². The van der Waals surface area contributed by atoms with E-state index < -0.39 is 5.91 Å². The number of phenolic OH excluding ortho intramolecular Hbond substituents is 2. The highest BCUT2D eigenvalue weighted by atomic mass is 16.7. The van der Waals surface area contributed by atoms with Crippen LogP contribution in [-0.4, -0.2) is 22.9 Å². The molecule has 22 heavy (non-hydrogen) atoms. The molecule has 6 heteroatoms. The number of phenols is 2. The summed E-state index contributed by atoms with van der Waals surface area (Å²) in [7, 11) is 0. The lowest BCUT2D eigenvalue weighted by Gasteiger charge is -2.06. The summed E-state index contributed by atoms with van der Waals surface area (Å²) in [5.41, 5.74) is 0.740. The molecule has 112 valence electrons. The van der Waals surface area contributed by atoms with Crippen LogP contribution in [0.1, 0.15) is 5.56 Å². The molecule has 3 rings (SSSR count). The molecule has 2 aromatic rings. The first-order chi connectivity index (χ1) is 10.6. The molecule has 0 aromatic heterocycles. The van der Waals surface area contributed by atoms with Crippen molar-refractivity contribution in [1.29, 1.82) is 0 Å². The van der Waals surface area contributed by atoms with Gasteiger partial charge in [-0.2, -0.15) is 0 Å². The van der Waals surface area contributed by atoms with Crippen molar-refractivity contribution in [2.75, 3.05) is 12.1 Å². The number of benzene rings is 2. The number of nitrogens with one attached hydrogen (secondary N) is 1. The molecule has 1 aliphatic rings. The van der Waals surface area contributed by atoms with E-state index in [1.54, 1.807) is 24.3 Å². The molecule has 0 atom stereocenters. The van der Waals surface area contributed by atoms with Gasteiger partial charge in [0.05, 0.1) is 0 Å². The molecule has 0 unspecified atom stereocenters. The molecule has 0 bridgehead atoms. The summed E-state index contributed by atoms with van der Waals surface area (Å²) in [4.78, 5) is 11.8. The van der Waals surface area contributed by atoms with Crippen LogP contribution in [0.4, 0.5) is 5.69 Å². The van der Waals surface area contributed by atoms with E-state index >= 15 is 0 Å². The normalized spacial score (nSPS) is 12.5. The third kappa shape index (κ3) is 2.80. The van der Waals surface area contributed by atoms with Gasteiger partial charge in [-0.25, -0.2) is 0 Å². The number of carbonyl (C=O) groups is 1. The van der Waals surface area contributed by atoms with Crippen molar-refractivity contribution in [2.24, 2.45) is 0 Å². The first-order valence-corrected chi connectivity index (χ1v) is 6.53. The number of carbonyl (C=O) groups excluding carboxylic acids is 1. The molecule has 1 amide bonds. The Balaban J connectivity index is 1.71. The Kier molecular flexibility index (Phi) is 3.57. The second kappa shape index (κ2) is 5.69. The quantitative estimate of drug-likeness (QED) is 0.598. The molecular weight excluding hydrogens is 286 g/mol. The number of aromatic hydroxyl groups is 2. The number of ether oxygens (including phenoxy) is 2. The molecule has 0 radical (unpaired) electrons. The minimum atomic E-state index is -0.477. The fraction of sp³-hybridized carbons (Fsp3) is 0.0625. The number of hydrogen-bond acceptors (Lipinski definition) is 5. The van der Waals surface area contributed by atoms with Crippen LogP contribution < -0.4 is 14.8 Å². The predicted molar refractivity (Wildman–Crippen MR) is 80.0 cm³/mol. The van der Waals surface area contributed by atoms with Gasteiger partial charge in [-0.15, -0.1) is 0 Å². The van der Waals surface area contributed by atoms with Gasteiger partial charge in [-0.05, 0) is 35.9 Å². The molecule has 0 fully saturated rings. The van der Waals surface area contributed by atoms with E-state index in [1.807, 2.05) is 0 Å². The van der Waals surface area contributed by atoms with Gasteiger partial charge in [-0.1, -0.05) is 12.1 Å². The molecule has 0 saturated heterocycles. The highest BCUT2D eigenvalue weighted by Gasteiger charge is 2.12. The highest BCUT2D eigenvalue weighted by Crippen LogP contribution is 2.33. The van der Waals surface area contributed by atoms with Crippen molar-refractivity contribution in [1.82, 2.24) is 0 Å². The summed E-state index contributed by atoms with van der Waals surface area (Å²) >= 11 is 0. The largest absolute Gasteiger partial charge is 0.506 e. The Morgan fingerprint density at radius 3 is 2.59 bits per heavy atom. The SMILES string of the molecule is O=C(/C=C/c1ccc2c(c1)OCO2)Nc1c(O)cccc1O. The van der Waals surface area contributed by atoms with E-state index in [2.05, 4.69) is 5.32 Å². The van der Waals surface area contributed by atoms with Crippen molar-refractivity contribution in [3.8, 4) is 23.0 Å². The van der Waals surface area contributed by atoms with Crippen LogP contribution in [0, 0.1) is 0 Å². The maximum absolute atomic E-state index is 11.8. The first-order valence-electron chi connectivity index (χ1n) is 6.53. The Bertz CT molecular complexity index is 734. The Morgan fingerprint density at radius 2 is 1.82 bits per heavy atom. The highest BCUT2D eigenvalue weighted by molar-refractivity contribution is 6.03. The lowest BCUT2D eigenvalue weighted by Crippen LogP contribution is -2.08. The molecule has 0 aliphatic carbocycles. The van der Waals surface area contributed by atoms with E-state index in [0.29, 0.717) is 11.5 Å². The van der Waals surface area contributed by atoms with Crippen LogP contribution >= 0.6 is 0 Å². The van der Waals surface area contributed by atoms with E-state index in [-0.39, 0.29) is 24.0 Å². The molecule has 0 saturated carbocycles. The number of fused-ring (bicyclic) bond motifs is 1. The molecule has 6 nitrogen and oxygen atoms in total. The van der Waals surface area contributed by atoms with Gasteiger partial charge < -0.3 is 25.0 Å². The third-order valence-electron chi connectivity index (χ3n) is 3.09. The number of anilines is 1. The zero-order valence-corrected chi connectivity index (χ0v) is 11.4. The lowest BCUT2D eigenvalue weighted by molar-refractivity contribution is -0.111. The van der Waals surface area contributed by atoms with Crippen LogP contribution in [0.15, 0.2) is 42.5 Å². The fourth-order valence-electron chi connectivity index (χ4n) is 2.01. The van der Waals surface area contributed by atoms with E-state index in [9.17, 15) is 15.0 Å². The third-order valence-corrected chi connectivity index (χ3v) is 3.09. The van der Waals surface area contributed by atoms with E-state index in [4.69, 9.17) is 9.47 Å². The number of hydrogen-bond donors (Lipinski definition) is 3.